The lowest BCUT2D eigenvalue weighted by Gasteiger charge is -2.21. The molecule has 132 valence electrons. The van der Waals surface area contributed by atoms with Crippen molar-refractivity contribution in [1.29, 1.82) is 0 Å². The Kier molecular flexibility index (Phi) is 7.20. The molecule has 0 aliphatic carbocycles. The molecule has 4 heteroatoms. The van der Waals surface area contributed by atoms with E-state index in [0.717, 1.165) is 24.9 Å². The zero-order chi connectivity index (χ0) is 18.1. The molecule has 0 aliphatic heterocycles. The summed E-state index contributed by atoms with van der Waals surface area (Å²) in [5, 5.41) is 2.90. The van der Waals surface area contributed by atoms with E-state index in [-0.39, 0.29) is 18.4 Å². The summed E-state index contributed by atoms with van der Waals surface area (Å²) in [6.45, 7) is 4.22. The van der Waals surface area contributed by atoms with Crippen LogP contribution in [-0.4, -0.2) is 24.9 Å². The monoisotopic (exact) mass is 338 g/mol. The lowest BCUT2D eigenvalue weighted by Crippen LogP contribution is -2.40. The van der Waals surface area contributed by atoms with Gasteiger partial charge in [-0.2, -0.15) is 0 Å². The van der Waals surface area contributed by atoms with Gasteiger partial charge in [-0.25, -0.2) is 0 Å². The molecule has 0 aliphatic rings. The highest BCUT2D eigenvalue weighted by molar-refractivity contribution is 5.97. The number of amides is 2. The van der Waals surface area contributed by atoms with Gasteiger partial charge in [0.05, 0.1) is 0 Å². The van der Waals surface area contributed by atoms with Gasteiger partial charge in [0.2, 0.25) is 11.8 Å². The van der Waals surface area contributed by atoms with E-state index in [2.05, 4.69) is 24.4 Å². The molecule has 2 aromatic carbocycles. The van der Waals surface area contributed by atoms with Crippen molar-refractivity contribution < 1.29 is 9.59 Å². The maximum absolute atomic E-state index is 12.2. The summed E-state index contributed by atoms with van der Waals surface area (Å²) in [6, 6.07) is 18.0. The van der Waals surface area contributed by atoms with Crippen molar-refractivity contribution in [3.8, 4) is 0 Å². The van der Waals surface area contributed by atoms with Crippen molar-refractivity contribution in [2.45, 2.75) is 33.1 Å². The predicted octanol–water partition coefficient (Wildman–Crippen LogP) is 3.35. The summed E-state index contributed by atoms with van der Waals surface area (Å²) in [5.41, 5.74) is 3.22. The number of rotatable bonds is 8. The molecule has 0 atom stereocenters. The normalized spacial score (nSPS) is 10.3. The van der Waals surface area contributed by atoms with Crippen molar-refractivity contribution in [1.82, 2.24) is 5.32 Å². The summed E-state index contributed by atoms with van der Waals surface area (Å²) in [7, 11) is 0. The van der Waals surface area contributed by atoms with Crippen LogP contribution in [0, 0.1) is 0 Å². The topological polar surface area (TPSA) is 49.4 Å². The van der Waals surface area contributed by atoms with E-state index in [1.54, 1.807) is 0 Å². The SMILES string of the molecule is CCc1ccc(N(CC(=O)NCCCc2ccccc2)C(C)=O)cc1. The Balaban J connectivity index is 1.82. The fourth-order valence-corrected chi connectivity index (χ4v) is 2.66. The highest BCUT2D eigenvalue weighted by Crippen LogP contribution is 2.15. The Morgan fingerprint density at radius 1 is 0.960 bits per heavy atom. The van der Waals surface area contributed by atoms with Gasteiger partial charge in [-0.05, 0) is 42.5 Å². The Bertz CT molecular complexity index is 681. The van der Waals surface area contributed by atoms with Gasteiger partial charge in [0.15, 0.2) is 0 Å². The van der Waals surface area contributed by atoms with Crippen molar-refractivity contribution in [3.05, 3.63) is 65.7 Å². The van der Waals surface area contributed by atoms with E-state index in [9.17, 15) is 9.59 Å². The summed E-state index contributed by atoms with van der Waals surface area (Å²) < 4.78 is 0. The molecule has 0 saturated heterocycles. The number of hydrogen-bond acceptors (Lipinski definition) is 2. The van der Waals surface area contributed by atoms with Crippen LogP contribution in [0.2, 0.25) is 0 Å². The lowest BCUT2D eigenvalue weighted by molar-refractivity contribution is -0.123. The molecule has 0 heterocycles. The predicted molar refractivity (Wildman–Crippen MR) is 102 cm³/mol. The van der Waals surface area contributed by atoms with Gasteiger partial charge in [0, 0.05) is 19.2 Å². The molecule has 0 bridgehead atoms. The highest BCUT2D eigenvalue weighted by Gasteiger charge is 2.15. The van der Waals surface area contributed by atoms with E-state index in [1.165, 1.54) is 23.0 Å². The minimum absolute atomic E-state index is 0.0478. The van der Waals surface area contributed by atoms with Gasteiger partial charge < -0.3 is 10.2 Å². The van der Waals surface area contributed by atoms with Gasteiger partial charge in [-0.15, -0.1) is 0 Å². The van der Waals surface area contributed by atoms with Crippen molar-refractivity contribution >= 4 is 17.5 Å². The van der Waals surface area contributed by atoms with Crippen LogP contribution in [0.1, 0.15) is 31.4 Å². The fourth-order valence-electron chi connectivity index (χ4n) is 2.66. The quantitative estimate of drug-likeness (QED) is 0.751. The smallest absolute Gasteiger partial charge is 0.240 e. The van der Waals surface area contributed by atoms with E-state index >= 15 is 0 Å². The second kappa shape index (κ2) is 9.62. The molecule has 25 heavy (non-hydrogen) atoms. The minimum Gasteiger partial charge on any atom is -0.355 e. The first-order valence-electron chi connectivity index (χ1n) is 8.78. The van der Waals surface area contributed by atoms with Gasteiger partial charge >= 0.3 is 0 Å². The average Bonchev–Trinajstić information content (AvgIpc) is 2.64. The highest BCUT2D eigenvalue weighted by atomic mass is 16.2. The first-order valence-corrected chi connectivity index (χ1v) is 8.78. The van der Waals surface area contributed by atoms with Crippen LogP contribution in [0.4, 0.5) is 5.69 Å². The first-order chi connectivity index (χ1) is 12.1. The number of carbonyl (C=O) groups excluding carboxylic acids is 2. The Morgan fingerprint density at radius 3 is 2.24 bits per heavy atom. The summed E-state index contributed by atoms with van der Waals surface area (Å²) >= 11 is 0. The second-order valence-corrected chi connectivity index (χ2v) is 6.06. The van der Waals surface area contributed by atoms with E-state index in [0.29, 0.717) is 6.54 Å². The van der Waals surface area contributed by atoms with Crippen LogP contribution in [0.3, 0.4) is 0 Å². The number of hydrogen-bond donors (Lipinski definition) is 1. The van der Waals surface area contributed by atoms with Crippen LogP contribution in [0.25, 0.3) is 0 Å². The van der Waals surface area contributed by atoms with E-state index in [4.69, 9.17) is 0 Å². The van der Waals surface area contributed by atoms with Crippen molar-refractivity contribution in [3.63, 3.8) is 0 Å². The third-order valence-corrected chi connectivity index (χ3v) is 4.15. The number of nitrogens with one attached hydrogen (secondary N) is 1. The average molecular weight is 338 g/mol. The van der Waals surface area contributed by atoms with Crippen LogP contribution in [-0.2, 0) is 22.4 Å². The fraction of sp³-hybridized carbons (Fsp3) is 0.333. The largest absolute Gasteiger partial charge is 0.355 e. The molecule has 4 nitrogen and oxygen atoms in total. The Morgan fingerprint density at radius 2 is 1.64 bits per heavy atom. The third-order valence-electron chi connectivity index (χ3n) is 4.15. The molecule has 1 N–H and O–H groups in total. The summed E-state index contributed by atoms with van der Waals surface area (Å²) in [6.07, 6.45) is 2.75. The zero-order valence-corrected chi connectivity index (χ0v) is 15.0. The van der Waals surface area contributed by atoms with Crippen LogP contribution in [0.15, 0.2) is 54.6 Å². The van der Waals surface area contributed by atoms with Crippen molar-refractivity contribution in [2.24, 2.45) is 0 Å². The molecule has 0 unspecified atom stereocenters. The van der Waals surface area contributed by atoms with E-state index in [1.807, 2.05) is 42.5 Å². The summed E-state index contributed by atoms with van der Waals surface area (Å²) in [5.74, 6) is -0.272. The standard InChI is InChI=1S/C21H26N2O2/c1-3-18-11-13-20(14-12-18)23(17(2)24)16-21(25)22-15-7-10-19-8-5-4-6-9-19/h4-6,8-9,11-14H,3,7,10,15-16H2,1-2H3,(H,22,25). The number of carbonyl (C=O) groups is 2. The molecular weight excluding hydrogens is 312 g/mol. The molecular formula is C21H26N2O2. The van der Waals surface area contributed by atoms with Gasteiger partial charge in [0.1, 0.15) is 6.54 Å². The van der Waals surface area contributed by atoms with Crippen LogP contribution in [0.5, 0.6) is 0 Å². The minimum atomic E-state index is -0.136. The maximum atomic E-state index is 12.2. The number of anilines is 1. The number of nitrogens with zero attached hydrogens (tertiary/aromatic N) is 1. The molecule has 2 amide bonds. The number of aryl methyl sites for hydroxylation is 2. The zero-order valence-electron chi connectivity index (χ0n) is 15.0. The first kappa shape index (κ1) is 18.7. The van der Waals surface area contributed by atoms with Crippen LogP contribution < -0.4 is 10.2 Å². The molecule has 0 spiro atoms. The number of benzene rings is 2. The van der Waals surface area contributed by atoms with Crippen LogP contribution >= 0.6 is 0 Å². The molecule has 0 saturated carbocycles. The Labute approximate surface area is 149 Å². The summed E-state index contributed by atoms with van der Waals surface area (Å²) in [4.78, 5) is 25.6. The third kappa shape index (κ3) is 6.07. The lowest BCUT2D eigenvalue weighted by atomic mass is 10.1. The van der Waals surface area contributed by atoms with Gasteiger partial charge in [-0.3, -0.25) is 9.59 Å². The molecule has 0 fully saturated rings. The molecule has 2 rings (SSSR count). The molecule has 0 aromatic heterocycles. The Hall–Kier alpha value is -2.62. The van der Waals surface area contributed by atoms with Gasteiger partial charge in [-0.1, -0.05) is 49.4 Å². The van der Waals surface area contributed by atoms with Gasteiger partial charge in [0.25, 0.3) is 0 Å². The molecule has 0 radical (unpaired) electrons. The van der Waals surface area contributed by atoms with E-state index < -0.39 is 0 Å². The van der Waals surface area contributed by atoms with Crippen molar-refractivity contribution in [2.75, 3.05) is 18.0 Å². The second-order valence-electron chi connectivity index (χ2n) is 6.06. The maximum Gasteiger partial charge on any atom is 0.240 e. The molecule has 2 aromatic rings.